The minimum atomic E-state index is -0.828. The molecule has 0 spiro atoms. The molecule has 17 heavy (non-hydrogen) atoms. The highest BCUT2D eigenvalue weighted by Crippen LogP contribution is 2.14. The first kappa shape index (κ1) is 15.9. The maximum atomic E-state index is 10.8. The zero-order valence-corrected chi connectivity index (χ0v) is 10.6. The Morgan fingerprint density at radius 2 is 1.76 bits per heavy atom. The number of carboxylic acids is 1. The average Bonchev–Trinajstić information content (AvgIpc) is 2.26. The smallest absolute Gasteiger partial charge is 0.303 e. The third-order valence-corrected chi connectivity index (χ3v) is 2.87. The molecule has 0 aromatic heterocycles. The van der Waals surface area contributed by atoms with Crippen molar-refractivity contribution in [2.75, 3.05) is 0 Å². The van der Waals surface area contributed by atoms with E-state index in [-0.39, 0.29) is 11.3 Å². The summed E-state index contributed by atoms with van der Waals surface area (Å²) in [5.74, 6) is -0.828. The Morgan fingerprint density at radius 3 is 2.24 bits per heavy atom. The lowest BCUT2D eigenvalue weighted by Gasteiger charge is -2.08. The first-order valence-corrected chi connectivity index (χ1v) is 6.43. The summed E-state index contributed by atoms with van der Waals surface area (Å²) in [5, 5.41) is 19.2. The normalized spacial score (nSPS) is 12.3. The van der Waals surface area contributed by atoms with Crippen molar-refractivity contribution in [2.24, 2.45) is 0 Å². The molecule has 5 nitrogen and oxygen atoms in total. The molecule has 5 heteroatoms. The molecule has 0 aromatic rings. The standard InChI is InChI=1S/C12H23NO4/c1-2-3-4-5-8-11(13(16)17)9-6-7-10-12(14)15/h11H,2-10H2,1H3,(H,14,15). The first-order valence-electron chi connectivity index (χ1n) is 6.43. The predicted octanol–water partition coefficient (Wildman–Crippen LogP) is 3.25. The molecular formula is C12H23NO4. The molecule has 0 amide bonds. The van der Waals surface area contributed by atoms with Crippen LogP contribution < -0.4 is 0 Å². The highest BCUT2D eigenvalue weighted by atomic mass is 16.6. The maximum absolute atomic E-state index is 10.8. The third-order valence-electron chi connectivity index (χ3n) is 2.87. The summed E-state index contributed by atoms with van der Waals surface area (Å²) in [4.78, 5) is 20.9. The van der Waals surface area contributed by atoms with Gasteiger partial charge < -0.3 is 5.11 Å². The summed E-state index contributed by atoms with van der Waals surface area (Å²) in [6, 6.07) is -0.486. The Bertz CT molecular complexity index is 231. The van der Waals surface area contributed by atoms with Crippen molar-refractivity contribution in [1.29, 1.82) is 0 Å². The molecule has 0 rings (SSSR count). The SMILES string of the molecule is CCCCCCC(CCCCC(=O)O)[N+](=O)[O-]. The Kier molecular flexibility index (Phi) is 9.38. The van der Waals surface area contributed by atoms with Crippen LogP contribution in [-0.4, -0.2) is 22.0 Å². The number of hydrogen-bond acceptors (Lipinski definition) is 3. The molecule has 100 valence electrons. The molecule has 0 aliphatic heterocycles. The second-order valence-corrected chi connectivity index (χ2v) is 4.43. The largest absolute Gasteiger partial charge is 0.481 e. The van der Waals surface area contributed by atoms with E-state index in [0.29, 0.717) is 25.7 Å². The number of rotatable bonds is 11. The second kappa shape index (κ2) is 10.1. The molecule has 0 fully saturated rings. The van der Waals surface area contributed by atoms with Crippen LogP contribution >= 0.6 is 0 Å². The van der Waals surface area contributed by atoms with Crippen LogP contribution in [0.2, 0.25) is 0 Å². The van der Waals surface area contributed by atoms with Crippen LogP contribution in [0.3, 0.4) is 0 Å². The van der Waals surface area contributed by atoms with Crippen molar-refractivity contribution < 1.29 is 14.8 Å². The van der Waals surface area contributed by atoms with Gasteiger partial charge in [0.2, 0.25) is 6.04 Å². The minimum absolute atomic E-state index is 0.111. The van der Waals surface area contributed by atoms with E-state index in [1.54, 1.807) is 0 Å². The lowest BCUT2D eigenvalue weighted by molar-refractivity contribution is -0.524. The van der Waals surface area contributed by atoms with Gasteiger partial charge in [-0.25, -0.2) is 0 Å². The van der Waals surface area contributed by atoms with Crippen LogP contribution in [0, 0.1) is 10.1 Å². The molecule has 0 heterocycles. The van der Waals surface area contributed by atoms with Gasteiger partial charge in [-0.1, -0.05) is 26.2 Å². The van der Waals surface area contributed by atoms with Crippen molar-refractivity contribution in [2.45, 2.75) is 70.8 Å². The maximum Gasteiger partial charge on any atom is 0.303 e. The van der Waals surface area contributed by atoms with Gasteiger partial charge in [0.25, 0.3) is 0 Å². The van der Waals surface area contributed by atoms with Gasteiger partial charge in [0, 0.05) is 24.2 Å². The minimum Gasteiger partial charge on any atom is -0.481 e. The Morgan fingerprint density at radius 1 is 1.18 bits per heavy atom. The van der Waals surface area contributed by atoms with Crippen molar-refractivity contribution >= 4 is 5.97 Å². The molecule has 1 N–H and O–H groups in total. The van der Waals surface area contributed by atoms with Crippen LogP contribution in [0.5, 0.6) is 0 Å². The van der Waals surface area contributed by atoms with Crippen LogP contribution in [0.15, 0.2) is 0 Å². The summed E-state index contributed by atoms with van der Waals surface area (Å²) in [7, 11) is 0. The fourth-order valence-corrected chi connectivity index (χ4v) is 1.82. The number of unbranched alkanes of at least 4 members (excludes halogenated alkanes) is 4. The molecular weight excluding hydrogens is 222 g/mol. The van der Waals surface area contributed by atoms with E-state index in [1.807, 2.05) is 0 Å². The van der Waals surface area contributed by atoms with Crippen molar-refractivity contribution in [3.63, 3.8) is 0 Å². The second-order valence-electron chi connectivity index (χ2n) is 4.43. The molecule has 0 saturated carbocycles. The van der Waals surface area contributed by atoms with E-state index in [2.05, 4.69) is 6.92 Å². The zero-order chi connectivity index (χ0) is 13.1. The highest BCUT2D eigenvalue weighted by molar-refractivity contribution is 5.66. The summed E-state index contributed by atoms with van der Waals surface area (Å²) >= 11 is 0. The van der Waals surface area contributed by atoms with Crippen LogP contribution in [0.1, 0.15) is 64.7 Å². The fourth-order valence-electron chi connectivity index (χ4n) is 1.82. The van der Waals surface area contributed by atoms with Gasteiger partial charge in [-0.15, -0.1) is 0 Å². The fraction of sp³-hybridized carbons (Fsp3) is 0.917. The molecule has 0 radical (unpaired) electrons. The summed E-state index contributed by atoms with van der Waals surface area (Å²) in [5.41, 5.74) is 0. The van der Waals surface area contributed by atoms with Crippen LogP contribution in [-0.2, 0) is 4.79 Å². The van der Waals surface area contributed by atoms with E-state index in [0.717, 1.165) is 25.7 Å². The van der Waals surface area contributed by atoms with E-state index < -0.39 is 12.0 Å². The van der Waals surface area contributed by atoms with Gasteiger partial charge in [-0.3, -0.25) is 14.9 Å². The molecule has 0 aliphatic carbocycles. The van der Waals surface area contributed by atoms with E-state index in [9.17, 15) is 14.9 Å². The predicted molar refractivity (Wildman–Crippen MR) is 65.6 cm³/mol. The number of aliphatic carboxylic acids is 1. The van der Waals surface area contributed by atoms with Crippen LogP contribution in [0.4, 0.5) is 0 Å². The topological polar surface area (TPSA) is 80.4 Å². The van der Waals surface area contributed by atoms with Gasteiger partial charge in [-0.2, -0.15) is 0 Å². The van der Waals surface area contributed by atoms with Crippen molar-refractivity contribution in [3.05, 3.63) is 10.1 Å². The number of carboxylic acid groups (broad SMARTS) is 1. The lowest BCUT2D eigenvalue weighted by Crippen LogP contribution is -2.19. The van der Waals surface area contributed by atoms with Gasteiger partial charge in [-0.05, 0) is 19.3 Å². The number of nitrogens with zero attached hydrogens (tertiary/aromatic N) is 1. The molecule has 1 unspecified atom stereocenters. The van der Waals surface area contributed by atoms with Gasteiger partial charge >= 0.3 is 5.97 Å². The summed E-state index contributed by atoms with van der Waals surface area (Å²) in [6.07, 6.45) is 6.62. The quantitative estimate of drug-likeness (QED) is 0.344. The molecule has 0 bridgehead atoms. The van der Waals surface area contributed by atoms with Gasteiger partial charge in [0.1, 0.15) is 0 Å². The summed E-state index contributed by atoms with van der Waals surface area (Å²) in [6.45, 7) is 2.11. The number of nitro groups is 1. The monoisotopic (exact) mass is 245 g/mol. The number of carbonyl (C=O) groups is 1. The highest BCUT2D eigenvalue weighted by Gasteiger charge is 2.18. The Balaban J connectivity index is 3.67. The van der Waals surface area contributed by atoms with E-state index in [4.69, 9.17) is 5.11 Å². The lowest BCUT2D eigenvalue weighted by atomic mass is 10.0. The van der Waals surface area contributed by atoms with E-state index >= 15 is 0 Å². The molecule has 0 aliphatic rings. The number of hydrogen-bond donors (Lipinski definition) is 1. The Labute approximate surface area is 102 Å². The molecule has 0 aromatic carbocycles. The van der Waals surface area contributed by atoms with Crippen molar-refractivity contribution in [3.8, 4) is 0 Å². The Hall–Kier alpha value is -1.13. The molecule has 0 saturated heterocycles. The van der Waals surface area contributed by atoms with Crippen molar-refractivity contribution in [1.82, 2.24) is 0 Å². The first-order chi connectivity index (χ1) is 8.07. The van der Waals surface area contributed by atoms with Gasteiger partial charge in [0.05, 0.1) is 0 Å². The van der Waals surface area contributed by atoms with E-state index in [1.165, 1.54) is 0 Å². The summed E-state index contributed by atoms with van der Waals surface area (Å²) < 4.78 is 0. The third kappa shape index (κ3) is 9.78. The van der Waals surface area contributed by atoms with Crippen LogP contribution in [0.25, 0.3) is 0 Å². The zero-order valence-electron chi connectivity index (χ0n) is 10.6. The molecule has 1 atom stereocenters. The average molecular weight is 245 g/mol. The van der Waals surface area contributed by atoms with Gasteiger partial charge in [0.15, 0.2) is 0 Å².